The number of nitrogens with one attached hydrogen (secondary N) is 1. The van der Waals surface area contributed by atoms with E-state index < -0.39 is 5.82 Å². The third kappa shape index (κ3) is 3.01. The zero-order chi connectivity index (χ0) is 14.8. The molecule has 1 aliphatic heterocycles. The van der Waals surface area contributed by atoms with Crippen molar-refractivity contribution in [1.29, 1.82) is 0 Å². The molecule has 1 fully saturated rings. The smallest absolute Gasteiger partial charge is 0.245 e. The lowest BCUT2D eigenvalue weighted by molar-refractivity contribution is 0.411. The standard InChI is InChI=1S/C14H17ClFN5/c15-10-1-2-11(12(16)7-10)13-18-14(20-19-13)21-5-3-9(8-17)4-6-21/h1-2,7,9H,3-6,8,17H2,(H,18,19,20). The quantitative estimate of drug-likeness (QED) is 0.913. The van der Waals surface area contributed by atoms with Gasteiger partial charge in [0, 0.05) is 18.1 Å². The zero-order valence-corrected chi connectivity index (χ0v) is 12.3. The Labute approximate surface area is 127 Å². The van der Waals surface area contributed by atoms with Crippen LogP contribution in [0.2, 0.25) is 5.02 Å². The zero-order valence-electron chi connectivity index (χ0n) is 11.5. The average molecular weight is 310 g/mol. The van der Waals surface area contributed by atoms with E-state index in [4.69, 9.17) is 17.3 Å². The lowest BCUT2D eigenvalue weighted by Gasteiger charge is -2.30. The Hall–Kier alpha value is -1.66. The van der Waals surface area contributed by atoms with Crippen molar-refractivity contribution in [2.75, 3.05) is 24.5 Å². The fourth-order valence-electron chi connectivity index (χ4n) is 2.57. The molecule has 21 heavy (non-hydrogen) atoms. The van der Waals surface area contributed by atoms with Gasteiger partial charge in [0.2, 0.25) is 5.95 Å². The van der Waals surface area contributed by atoms with Gasteiger partial charge in [0.05, 0.1) is 5.56 Å². The second-order valence-electron chi connectivity index (χ2n) is 5.27. The Morgan fingerprint density at radius 3 is 2.81 bits per heavy atom. The van der Waals surface area contributed by atoms with E-state index >= 15 is 0 Å². The van der Waals surface area contributed by atoms with E-state index in [2.05, 4.69) is 20.1 Å². The van der Waals surface area contributed by atoms with Crippen molar-refractivity contribution < 1.29 is 4.39 Å². The highest BCUT2D eigenvalue weighted by Gasteiger charge is 2.21. The number of nitrogens with zero attached hydrogens (tertiary/aromatic N) is 3. The predicted octanol–water partition coefficient (Wildman–Crippen LogP) is 2.44. The van der Waals surface area contributed by atoms with Crippen molar-refractivity contribution in [2.45, 2.75) is 12.8 Å². The van der Waals surface area contributed by atoms with E-state index in [1.54, 1.807) is 12.1 Å². The fourth-order valence-corrected chi connectivity index (χ4v) is 2.72. The summed E-state index contributed by atoms with van der Waals surface area (Å²) < 4.78 is 13.9. The molecular weight excluding hydrogens is 293 g/mol. The van der Waals surface area contributed by atoms with Gasteiger partial charge in [-0.3, -0.25) is 5.10 Å². The molecule has 2 aromatic rings. The Morgan fingerprint density at radius 2 is 2.14 bits per heavy atom. The highest BCUT2D eigenvalue weighted by Crippen LogP contribution is 2.25. The van der Waals surface area contributed by atoms with Gasteiger partial charge in [0.15, 0.2) is 5.82 Å². The first-order valence-electron chi connectivity index (χ1n) is 7.00. The molecule has 0 atom stereocenters. The van der Waals surface area contributed by atoms with E-state index in [0.717, 1.165) is 32.5 Å². The molecule has 7 heteroatoms. The Bertz CT molecular complexity index is 622. The van der Waals surface area contributed by atoms with Crippen molar-refractivity contribution in [3.05, 3.63) is 29.0 Å². The summed E-state index contributed by atoms with van der Waals surface area (Å²) in [6, 6.07) is 4.50. The van der Waals surface area contributed by atoms with Gasteiger partial charge in [-0.05, 0) is 43.5 Å². The number of piperidine rings is 1. The van der Waals surface area contributed by atoms with Crippen LogP contribution >= 0.6 is 11.6 Å². The lowest BCUT2D eigenvalue weighted by Crippen LogP contribution is -2.36. The van der Waals surface area contributed by atoms with Crippen LogP contribution in [0.1, 0.15) is 12.8 Å². The Morgan fingerprint density at radius 1 is 1.38 bits per heavy atom. The summed E-state index contributed by atoms with van der Waals surface area (Å²) in [5, 5.41) is 7.34. The molecule has 0 amide bonds. The average Bonchev–Trinajstić information content (AvgIpc) is 2.97. The summed E-state index contributed by atoms with van der Waals surface area (Å²) in [7, 11) is 0. The Kier molecular flexibility index (Phi) is 4.07. The first-order valence-corrected chi connectivity index (χ1v) is 7.38. The fraction of sp³-hybridized carbons (Fsp3) is 0.429. The molecule has 1 aromatic carbocycles. The van der Waals surface area contributed by atoms with E-state index in [1.807, 2.05) is 0 Å². The SMILES string of the molecule is NCC1CCN(c2n[nH]c(-c3ccc(Cl)cc3F)n2)CC1. The highest BCUT2D eigenvalue weighted by molar-refractivity contribution is 6.30. The highest BCUT2D eigenvalue weighted by atomic mass is 35.5. The number of H-pyrrole nitrogens is 1. The van der Waals surface area contributed by atoms with Crippen LogP contribution in [0.5, 0.6) is 0 Å². The molecule has 0 saturated carbocycles. The number of anilines is 1. The van der Waals surface area contributed by atoms with Gasteiger partial charge in [-0.1, -0.05) is 11.6 Å². The van der Waals surface area contributed by atoms with Crippen LogP contribution in [-0.2, 0) is 0 Å². The maximum Gasteiger partial charge on any atom is 0.245 e. The van der Waals surface area contributed by atoms with Crippen LogP contribution in [0.4, 0.5) is 10.3 Å². The lowest BCUT2D eigenvalue weighted by atomic mass is 9.97. The summed E-state index contributed by atoms with van der Waals surface area (Å²) in [6.07, 6.45) is 2.07. The maximum absolute atomic E-state index is 13.9. The van der Waals surface area contributed by atoms with Crippen molar-refractivity contribution in [3.8, 4) is 11.4 Å². The summed E-state index contributed by atoms with van der Waals surface area (Å²) in [5.41, 5.74) is 6.06. The normalized spacial score (nSPS) is 16.4. The molecule has 2 heterocycles. The van der Waals surface area contributed by atoms with Gasteiger partial charge in [-0.2, -0.15) is 4.98 Å². The molecule has 1 saturated heterocycles. The predicted molar refractivity (Wildman–Crippen MR) is 80.8 cm³/mol. The number of halogens is 2. The molecule has 112 valence electrons. The summed E-state index contributed by atoms with van der Waals surface area (Å²) in [6.45, 7) is 2.48. The van der Waals surface area contributed by atoms with Crippen LogP contribution in [0, 0.1) is 11.7 Å². The van der Waals surface area contributed by atoms with Gasteiger partial charge in [-0.25, -0.2) is 4.39 Å². The number of hydrogen-bond donors (Lipinski definition) is 2. The summed E-state index contributed by atoms with van der Waals surface area (Å²) >= 11 is 5.75. The van der Waals surface area contributed by atoms with Gasteiger partial charge < -0.3 is 10.6 Å². The van der Waals surface area contributed by atoms with E-state index in [-0.39, 0.29) is 0 Å². The Balaban J connectivity index is 1.77. The van der Waals surface area contributed by atoms with Crippen LogP contribution in [0.15, 0.2) is 18.2 Å². The number of nitrogens with two attached hydrogens (primary N) is 1. The molecular formula is C14H17ClFN5. The molecule has 0 unspecified atom stereocenters. The van der Waals surface area contributed by atoms with Gasteiger partial charge in [-0.15, -0.1) is 5.10 Å². The summed E-state index contributed by atoms with van der Waals surface area (Å²) in [4.78, 5) is 6.49. The minimum Gasteiger partial charge on any atom is -0.340 e. The maximum atomic E-state index is 13.9. The largest absolute Gasteiger partial charge is 0.340 e. The van der Waals surface area contributed by atoms with Crippen LogP contribution in [0.25, 0.3) is 11.4 Å². The number of hydrogen-bond acceptors (Lipinski definition) is 4. The number of aromatic nitrogens is 3. The van der Waals surface area contributed by atoms with Crippen molar-refractivity contribution >= 4 is 17.5 Å². The van der Waals surface area contributed by atoms with Crippen molar-refractivity contribution in [3.63, 3.8) is 0 Å². The number of rotatable bonds is 3. The minimum atomic E-state index is -0.410. The third-order valence-electron chi connectivity index (χ3n) is 3.89. The number of benzene rings is 1. The first kappa shape index (κ1) is 14.3. The minimum absolute atomic E-state index is 0.361. The van der Waals surface area contributed by atoms with E-state index in [1.165, 1.54) is 6.07 Å². The topological polar surface area (TPSA) is 70.8 Å². The molecule has 3 rings (SSSR count). The molecule has 0 aliphatic carbocycles. The second-order valence-corrected chi connectivity index (χ2v) is 5.71. The van der Waals surface area contributed by atoms with Crippen LogP contribution in [0.3, 0.4) is 0 Å². The van der Waals surface area contributed by atoms with Crippen molar-refractivity contribution in [1.82, 2.24) is 15.2 Å². The van der Waals surface area contributed by atoms with E-state index in [9.17, 15) is 4.39 Å². The molecule has 1 aliphatic rings. The second kappa shape index (κ2) is 5.99. The molecule has 0 bridgehead atoms. The molecule has 0 spiro atoms. The molecule has 5 nitrogen and oxygen atoms in total. The van der Waals surface area contributed by atoms with Crippen molar-refractivity contribution in [2.24, 2.45) is 11.7 Å². The van der Waals surface area contributed by atoms with Crippen LogP contribution < -0.4 is 10.6 Å². The monoisotopic (exact) mass is 309 g/mol. The third-order valence-corrected chi connectivity index (χ3v) is 4.13. The molecule has 1 aromatic heterocycles. The van der Waals surface area contributed by atoms with E-state index in [0.29, 0.717) is 28.3 Å². The van der Waals surface area contributed by atoms with Gasteiger partial charge in [0.1, 0.15) is 5.82 Å². The van der Waals surface area contributed by atoms with Crippen LogP contribution in [-0.4, -0.2) is 34.8 Å². The molecule has 3 N–H and O–H groups in total. The number of aromatic amines is 1. The molecule has 0 radical (unpaired) electrons. The van der Waals surface area contributed by atoms with Gasteiger partial charge >= 0.3 is 0 Å². The van der Waals surface area contributed by atoms with Gasteiger partial charge in [0.25, 0.3) is 0 Å². The first-order chi connectivity index (χ1) is 10.2. The summed E-state index contributed by atoms with van der Waals surface area (Å²) in [5.74, 6) is 1.19.